The van der Waals surface area contributed by atoms with Crippen molar-refractivity contribution in [3.8, 4) is 0 Å². The summed E-state index contributed by atoms with van der Waals surface area (Å²) in [6, 6.07) is 0. The van der Waals surface area contributed by atoms with Crippen LogP contribution < -0.4 is 0 Å². The lowest BCUT2D eigenvalue weighted by Gasteiger charge is -2.21. The molecule has 18 heteroatoms. The van der Waals surface area contributed by atoms with Crippen molar-refractivity contribution in [3.05, 3.63) is 146 Å². The van der Waals surface area contributed by atoms with Gasteiger partial charge < -0.3 is 34.2 Å². The van der Waals surface area contributed by atoms with Gasteiger partial charge in [-0.1, -0.05) is 340 Å². The second kappa shape index (κ2) is 82.9. The fourth-order valence-electron chi connectivity index (χ4n) is 11.5. The Labute approximate surface area is 664 Å². The average Bonchev–Trinajstić information content (AvgIpc) is 0.901. The van der Waals surface area contributed by atoms with Gasteiger partial charge in [0, 0.05) is 19.3 Å². The van der Waals surface area contributed by atoms with Crippen molar-refractivity contribution in [1.29, 1.82) is 0 Å². The van der Waals surface area contributed by atoms with Crippen LogP contribution in [0, 0.1) is 0 Å². The zero-order valence-corrected chi connectivity index (χ0v) is 70.5. The zero-order valence-electron chi connectivity index (χ0n) is 68.7. The Kier molecular flexibility index (Phi) is 79.4. The Morgan fingerprint density at radius 3 is 0.807 bits per heavy atom. The van der Waals surface area contributed by atoms with Gasteiger partial charge in [0.05, 0.1) is 26.4 Å². The van der Waals surface area contributed by atoms with Crippen LogP contribution in [0.25, 0.3) is 0 Å². The Morgan fingerprint density at radius 2 is 0.505 bits per heavy atom. The highest BCUT2D eigenvalue weighted by Gasteiger charge is 2.29. The maximum Gasteiger partial charge on any atom is 0.472 e. The van der Waals surface area contributed by atoms with Crippen LogP contribution in [-0.4, -0.2) is 95.9 Å². The van der Waals surface area contributed by atoms with E-state index in [0.29, 0.717) is 19.3 Å². The van der Waals surface area contributed by atoms with Gasteiger partial charge in [-0.05, 0) is 141 Å². The van der Waals surface area contributed by atoms with Gasteiger partial charge in [-0.15, -0.1) is 0 Å². The molecule has 5 unspecified atom stereocenters. The first-order valence-electron chi connectivity index (χ1n) is 43.1. The number of allylic oxidation sites excluding steroid dienone is 24. The second-order valence-corrected chi connectivity index (χ2v) is 31.5. The number of aliphatic hydroxyl groups is 2. The second-order valence-electron chi connectivity index (χ2n) is 28.6. The molecule has 626 valence electrons. The topological polar surface area (TPSA) is 231 Å². The van der Waals surface area contributed by atoms with Crippen molar-refractivity contribution in [3.63, 3.8) is 0 Å². The number of phosphoric acid groups is 2. The SMILES string of the molecule is CC/C=C\C/C=C\C/C=C\C/C=C\C/C=C\C/C=C\CCCCCCCCCCCCC(=O)OCC(COP(=O)(O)OCC(O)COP(=O)(O)OCC(O)COC(=O)CCCCCCCCCCCCCCCCC/C=C\C/C=C\C/C=C\C/C=C\CCCCC)OC(=O)CCCCCCC/C=C\C/C=C\CCC. The number of unbranched alkanes of at least 4 members (excludes halogenated alkanes) is 34. The number of ether oxygens (including phenoxy) is 3. The third-order valence-electron chi connectivity index (χ3n) is 18.0. The smallest absolute Gasteiger partial charge is 0.463 e. The Balaban J connectivity index is 4.46. The molecule has 0 radical (unpaired) electrons. The molecular formula is C91H156O16P2. The number of carbonyl (C=O) groups excluding carboxylic acids is 3. The van der Waals surface area contributed by atoms with E-state index in [9.17, 15) is 43.5 Å². The standard InChI is InChI=1S/C91H156O16P2/c1-4-7-10-13-16-19-22-25-27-29-31-33-35-37-39-41-42-44-46-47-49-51-53-55-57-60-62-65-68-71-74-77-89(94)101-80-86(92)81-103-108(97,98)104-82-87(93)83-105-109(99,100)106-85-88(107-91(96)79-76-73-70-67-64-59-24-21-18-15-12-9-6-3)84-102-90(95)78-75-72-69-66-63-61-58-56-54-52-50-48-45-43-40-38-36-34-32-30-28-26-23-20-17-14-11-8-5-2/h8,11-12,15-17,19-21,24-28,31-34,37-40,45,48,86-88,92-93H,4-7,9-10,13-14,18,22-23,29-30,35-36,41-44,46-47,49-85H2,1-3H3,(H,97,98)(H,99,100)/b11-8-,15-12-,19-16-,20-17-,24-21-,27-25-,28-26-,33-31-,34-32-,39-37-,40-38-,48-45-. The van der Waals surface area contributed by atoms with E-state index in [1.807, 2.05) is 0 Å². The molecule has 0 rings (SSSR count). The Hall–Kier alpha value is -4.57. The van der Waals surface area contributed by atoms with Gasteiger partial charge in [-0.2, -0.15) is 0 Å². The summed E-state index contributed by atoms with van der Waals surface area (Å²) >= 11 is 0. The molecule has 0 aromatic rings. The van der Waals surface area contributed by atoms with E-state index < -0.39 is 91.5 Å². The van der Waals surface area contributed by atoms with E-state index in [-0.39, 0.29) is 19.3 Å². The van der Waals surface area contributed by atoms with E-state index in [1.54, 1.807) is 0 Å². The molecule has 0 aromatic carbocycles. The fraction of sp³-hybridized carbons (Fsp3) is 0.703. The number of hydrogen-bond acceptors (Lipinski definition) is 14. The van der Waals surface area contributed by atoms with Crippen molar-refractivity contribution < 1.29 is 75.8 Å². The number of rotatable bonds is 81. The minimum absolute atomic E-state index is 0.0846. The van der Waals surface area contributed by atoms with E-state index in [2.05, 4.69) is 167 Å². The predicted molar refractivity (Wildman–Crippen MR) is 454 cm³/mol. The molecule has 0 aliphatic carbocycles. The Bertz CT molecular complexity index is 2560. The van der Waals surface area contributed by atoms with Crippen molar-refractivity contribution in [1.82, 2.24) is 0 Å². The van der Waals surface area contributed by atoms with Crippen molar-refractivity contribution in [2.75, 3.05) is 39.6 Å². The Morgan fingerprint density at radius 1 is 0.266 bits per heavy atom. The molecule has 16 nitrogen and oxygen atoms in total. The summed E-state index contributed by atoms with van der Waals surface area (Å²) in [6.07, 6.45) is 103. The number of esters is 3. The maximum atomic E-state index is 13.0. The van der Waals surface area contributed by atoms with Gasteiger partial charge >= 0.3 is 33.6 Å². The molecule has 0 bridgehead atoms. The first-order chi connectivity index (χ1) is 53.2. The molecule has 0 saturated carbocycles. The van der Waals surface area contributed by atoms with Crippen LogP contribution >= 0.6 is 15.6 Å². The third-order valence-corrected chi connectivity index (χ3v) is 19.9. The lowest BCUT2D eigenvalue weighted by molar-refractivity contribution is -0.161. The van der Waals surface area contributed by atoms with E-state index in [0.717, 1.165) is 161 Å². The van der Waals surface area contributed by atoms with Crippen LogP contribution in [0.15, 0.2) is 146 Å². The lowest BCUT2D eigenvalue weighted by atomic mass is 10.0. The third kappa shape index (κ3) is 84.2. The number of phosphoric ester groups is 2. The molecule has 5 atom stereocenters. The molecule has 0 fully saturated rings. The molecule has 0 aliphatic rings. The number of aliphatic hydroxyl groups excluding tert-OH is 2. The van der Waals surface area contributed by atoms with Gasteiger partial charge in [0.1, 0.15) is 25.4 Å². The summed E-state index contributed by atoms with van der Waals surface area (Å²) in [5.74, 6) is -1.59. The van der Waals surface area contributed by atoms with Crippen LogP contribution in [0.4, 0.5) is 0 Å². The van der Waals surface area contributed by atoms with Crippen LogP contribution in [0.3, 0.4) is 0 Å². The van der Waals surface area contributed by atoms with Gasteiger partial charge in [0.25, 0.3) is 0 Å². The minimum Gasteiger partial charge on any atom is -0.463 e. The van der Waals surface area contributed by atoms with Crippen LogP contribution in [0.2, 0.25) is 0 Å². The maximum absolute atomic E-state index is 13.0. The summed E-state index contributed by atoms with van der Waals surface area (Å²) in [5, 5.41) is 20.7. The van der Waals surface area contributed by atoms with Crippen LogP contribution in [0.5, 0.6) is 0 Å². The van der Waals surface area contributed by atoms with Crippen molar-refractivity contribution in [2.45, 2.75) is 373 Å². The van der Waals surface area contributed by atoms with E-state index >= 15 is 0 Å². The van der Waals surface area contributed by atoms with Gasteiger partial charge in [0.15, 0.2) is 6.10 Å². The summed E-state index contributed by atoms with van der Waals surface area (Å²) in [7, 11) is -9.80. The highest BCUT2D eigenvalue weighted by atomic mass is 31.2. The van der Waals surface area contributed by atoms with Crippen molar-refractivity contribution >= 4 is 33.6 Å². The van der Waals surface area contributed by atoms with E-state index in [1.165, 1.54) is 135 Å². The first kappa shape index (κ1) is 104. The largest absolute Gasteiger partial charge is 0.472 e. The lowest BCUT2D eigenvalue weighted by Crippen LogP contribution is -2.30. The van der Waals surface area contributed by atoms with Crippen molar-refractivity contribution in [2.24, 2.45) is 0 Å². The van der Waals surface area contributed by atoms with Gasteiger partial charge in [-0.25, -0.2) is 9.13 Å². The molecule has 4 N–H and O–H groups in total. The summed E-state index contributed by atoms with van der Waals surface area (Å²) in [6.45, 7) is 2.48. The molecule has 0 aliphatic heterocycles. The van der Waals surface area contributed by atoms with Gasteiger partial charge in [0.2, 0.25) is 0 Å². The molecular weight excluding hydrogens is 1410 g/mol. The molecule has 0 heterocycles. The summed E-state index contributed by atoms with van der Waals surface area (Å²) in [5.41, 5.74) is 0. The summed E-state index contributed by atoms with van der Waals surface area (Å²) < 4.78 is 61.2. The van der Waals surface area contributed by atoms with E-state index in [4.69, 9.17) is 32.3 Å². The fourth-order valence-corrected chi connectivity index (χ4v) is 13.1. The first-order valence-corrected chi connectivity index (χ1v) is 46.1. The van der Waals surface area contributed by atoms with Crippen LogP contribution in [0.1, 0.15) is 355 Å². The highest BCUT2D eigenvalue weighted by molar-refractivity contribution is 7.47. The normalized spacial score (nSPS) is 14.6. The zero-order chi connectivity index (χ0) is 79.4. The number of carbonyl (C=O) groups is 3. The number of hydrogen-bond donors (Lipinski definition) is 4. The predicted octanol–water partition coefficient (Wildman–Crippen LogP) is 26.0. The molecule has 0 saturated heterocycles. The molecule has 0 aromatic heterocycles. The summed E-state index contributed by atoms with van der Waals surface area (Å²) in [4.78, 5) is 58.7. The molecule has 109 heavy (non-hydrogen) atoms. The van der Waals surface area contributed by atoms with Crippen LogP contribution in [-0.2, 0) is 55.8 Å². The minimum atomic E-state index is -4.94. The molecule has 0 amide bonds. The average molecular weight is 1570 g/mol. The quantitative estimate of drug-likeness (QED) is 0.0146. The highest BCUT2D eigenvalue weighted by Crippen LogP contribution is 2.45. The van der Waals surface area contributed by atoms with Gasteiger partial charge in [-0.3, -0.25) is 32.5 Å². The monoisotopic (exact) mass is 1570 g/mol. The molecule has 0 spiro atoms.